The summed E-state index contributed by atoms with van der Waals surface area (Å²) < 4.78 is 23.9. The summed E-state index contributed by atoms with van der Waals surface area (Å²) in [5.41, 5.74) is 2.34. The molecule has 1 aromatic heterocycles. The second kappa shape index (κ2) is 8.57. The van der Waals surface area contributed by atoms with Crippen molar-refractivity contribution >= 4 is 23.0 Å². The van der Waals surface area contributed by atoms with Gasteiger partial charge in [0, 0.05) is 25.1 Å². The van der Waals surface area contributed by atoms with E-state index in [0.717, 1.165) is 29.7 Å². The first kappa shape index (κ1) is 19.9. The maximum Gasteiger partial charge on any atom is 0.246 e. The van der Waals surface area contributed by atoms with E-state index >= 15 is 0 Å². The Labute approximate surface area is 174 Å². The Kier molecular flexibility index (Phi) is 5.70. The molecule has 2 heterocycles. The lowest BCUT2D eigenvalue weighted by molar-refractivity contribution is -0.127. The highest BCUT2D eigenvalue weighted by Gasteiger charge is 2.25. The zero-order valence-electron chi connectivity index (χ0n) is 17.0. The second-order valence-electron chi connectivity index (χ2n) is 7.33. The van der Waals surface area contributed by atoms with Crippen molar-refractivity contribution in [1.82, 2.24) is 14.9 Å². The smallest absolute Gasteiger partial charge is 0.246 e. The number of rotatable bonds is 5. The minimum Gasteiger partial charge on any atom is -0.493 e. The molecule has 0 bridgehead atoms. The summed E-state index contributed by atoms with van der Waals surface area (Å²) in [7, 11) is 3.17. The van der Waals surface area contributed by atoms with Crippen molar-refractivity contribution in [2.45, 2.75) is 18.8 Å². The number of H-pyrrole nitrogens is 1. The van der Waals surface area contributed by atoms with Gasteiger partial charge in [0.05, 0.1) is 25.3 Å². The van der Waals surface area contributed by atoms with Gasteiger partial charge in [-0.05, 0) is 54.8 Å². The quantitative estimate of drug-likeness (QED) is 0.643. The average molecular weight is 409 g/mol. The van der Waals surface area contributed by atoms with Crippen LogP contribution in [0.25, 0.3) is 17.1 Å². The van der Waals surface area contributed by atoms with Gasteiger partial charge in [0.25, 0.3) is 0 Å². The topological polar surface area (TPSA) is 67.5 Å². The lowest BCUT2D eigenvalue weighted by Crippen LogP contribution is -2.37. The highest BCUT2D eigenvalue weighted by atomic mass is 19.1. The Morgan fingerprint density at radius 2 is 1.90 bits per heavy atom. The minimum atomic E-state index is -0.278. The van der Waals surface area contributed by atoms with Gasteiger partial charge in [0.1, 0.15) is 11.6 Å². The molecule has 1 amide bonds. The Balaban J connectivity index is 1.37. The SMILES string of the molecule is COc1ccc(/C=C/C(=O)N2CCC(c3nc4ccc(F)cc4[nH]3)CC2)cc1OC. The van der Waals surface area contributed by atoms with Gasteiger partial charge in [-0.1, -0.05) is 6.07 Å². The van der Waals surface area contributed by atoms with Crippen LogP contribution in [0.15, 0.2) is 42.5 Å². The van der Waals surface area contributed by atoms with Crippen LogP contribution < -0.4 is 9.47 Å². The third-order valence-electron chi connectivity index (χ3n) is 5.48. The Hall–Kier alpha value is -3.35. The molecule has 156 valence electrons. The maximum atomic E-state index is 13.4. The van der Waals surface area contributed by atoms with Gasteiger partial charge in [-0.25, -0.2) is 9.37 Å². The molecule has 0 radical (unpaired) electrons. The molecule has 3 aromatic rings. The van der Waals surface area contributed by atoms with E-state index in [9.17, 15) is 9.18 Å². The Morgan fingerprint density at radius 1 is 1.13 bits per heavy atom. The molecule has 0 atom stereocenters. The summed E-state index contributed by atoms with van der Waals surface area (Å²) >= 11 is 0. The largest absolute Gasteiger partial charge is 0.493 e. The van der Waals surface area contributed by atoms with Crippen LogP contribution in [-0.4, -0.2) is 48.1 Å². The molecule has 2 aromatic carbocycles. The van der Waals surface area contributed by atoms with E-state index in [0.29, 0.717) is 30.1 Å². The van der Waals surface area contributed by atoms with Gasteiger partial charge in [-0.3, -0.25) is 4.79 Å². The fourth-order valence-electron chi connectivity index (χ4n) is 3.80. The summed E-state index contributed by atoms with van der Waals surface area (Å²) in [6.45, 7) is 1.32. The summed E-state index contributed by atoms with van der Waals surface area (Å²) in [5.74, 6) is 2.08. The number of imidazole rings is 1. The zero-order chi connectivity index (χ0) is 21.1. The molecule has 4 rings (SSSR count). The predicted octanol–water partition coefficient (Wildman–Crippen LogP) is 4.14. The molecular weight excluding hydrogens is 385 g/mol. The Morgan fingerprint density at radius 3 is 2.63 bits per heavy atom. The molecule has 30 heavy (non-hydrogen) atoms. The number of ether oxygens (including phenoxy) is 2. The highest BCUT2D eigenvalue weighted by molar-refractivity contribution is 5.92. The van der Waals surface area contributed by atoms with Gasteiger partial charge in [0.2, 0.25) is 5.91 Å². The number of halogens is 1. The number of fused-ring (bicyclic) bond motifs is 1. The molecule has 0 saturated carbocycles. The number of carbonyl (C=O) groups excluding carboxylic acids is 1. The van der Waals surface area contributed by atoms with E-state index in [-0.39, 0.29) is 17.6 Å². The fourth-order valence-corrected chi connectivity index (χ4v) is 3.80. The van der Waals surface area contributed by atoms with Crippen molar-refractivity contribution in [2.24, 2.45) is 0 Å². The molecule has 0 aliphatic carbocycles. The minimum absolute atomic E-state index is 0.0186. The number of methoxy groups -OCH3 is 2. The number of hydrogen-bond donors (Lipinski definition) is 1. The van der Waals surface area contributed by atoms with Gasteiger partial charge in [-0.15, -0.1) is 0 Å². The number of piperidine rings is 1. The average Bonchev–Trinajstić information content (AvgIpc) is 3.20. The van der Waals surface area contributed by atoms with Crippen LogP contribution in [-0.2, 0) is 4.79 Å². The van der Waals surface area contributed by atoms with Gasteiger partial charge in [-0.2, -0.15) is 0 Å². The second-order valence-corrected chi connectivity index (χ2v) is 7.33. The summed E-state index contributed by atoms with van der Waals surface area (Å²) in [6, 6.07) is 10.1. The first-order chi connectivity index (χ1) is 14.6. The number of nitrogens with one attached hydrogen (secondary N) is 1. The van der Waals surface area contributed by atoms with Crippen molar-refractivity contribution < 1.29 is 18.7 Å². The maximum absolute atomic E-state index is 13.4. The lowest BCUT2D eigenvalue weighted by atomic mass is 9.96. The first-order valence-electron chi connectivity index (χ1n) is 9.91. The molecule has 1 fully saturated rings. The van der Waals surface area contributed by atoms with E-state index < -0.39 is 0 Å². The lowest BCUT2D eigenvalue weighted by Gasteiger charge is -2.30. The van der Waals surface area contributed by atoms with Crippen molar-refractivity contribution in [3.63, 3.8) is 0 Å². The number of carbonyl (C=O) groups is 1. The molecule has 1 saturated heterocycles. The number of nitrogens with zero attached hydrogens (tertiary/aromatic N) is 2. The zero-order valence-corrected chi connectivity index (χ0v) is 17.0. The monoisotopic (exact) mass is 409 g/mol. The van der Waals surface area contributed by atoms with Crippen LogP contribution in [0.4, 0.5) is 4.39 Å². The number of amides is 1. The summed E-state index contributed by atoms with van der Waals surface area (Å²) in [4.78, 5) is 22.3. The van der Waals surface area contributed by atoms with E-state index in [1.54, 1.807) is 32.4 Å². The fraction of sp³-hybridized carbons (Fsp3) is 0.304. The van der Waals surface area contributed by atoms with E-state index in [2.05, 4.69) is 9.97 Å². The number of aromatic amines is 1. The standard InChI is InChI=1S/C23H24FN3O3/c1-29-20-7-3-15(13-21(20)30-2)4-8-22(28)27-11-9-16(10-12-27)23-25-18-6-5-17(24)14-19(18)26-23/h3-8,13-14,16H,9-12H2,1-2H3,(H,25,26)/b8-4+. The van der Waals surface area contributed by atoms with Crippen LogP contribution in [0.5, 0.6) is 11.5 Å². The third-order valence-corrected chi connectivity index (χ3v) is 5.48. The molecule has 0 unspecified atom stereocenters. The van der Waals surface area contributed by atoms with Gasteiger partial charge in [0.15, 0.2) is 11.5 Å². The molecule has 7 heteroatoms. The molecule has 6 nitrogen and oxygen atoms in total. The number of benzene rings is 2. The number of likely N-dealkylation sites (tertiary alicyclic amines) is 1. The number of hydrogen-bond acceptors (Lipinski definition) is 4. The van der Waals surface area contributed by atoms with Gasteiger partial charge >= 0.3 is 0 Å². The van der Waals surface area contributed by atoms with Crippen LogP contribution in [0.3, 0.4) is 0 Å². The van der Waals surface area contributed by atoms with Crippen molar-refractivity contribution in [1.29, 1.82) is 0 Å². The summed E-state index contributed by atoms with van der Waals surface area (Å²) in [6.07, 6.45) is 5.01. The summed E-state index contributed by atoms with van der Waals surface area (Å²) in [5, 5.41) is 0. The van der Waals surface area contributed by atoms with Crippen molar-refractivity contribution in [3.05, 3.63) is 59.7 Å². The van der Waals surface area contributed by atoms with Crippen molar-refractivity contribution in [3.8, 4) is 11.5 Å². The van der Waals surface area contributed by atoms with E-state index in [4.69, 9.17) is 9.47 Å². The molecule has 0 spiro atoms. The van der Waals surface area contributed by atoms with Crippen LogP contribution in [0.2, 0.25) is 0 Å². The van der Waals surface area contributed by atoms with Gasteiger partial charge < -0.3 is 19.4 Å². The predicted molar refractivity (Wildman–Crippen MR) is 113 cm³/mol. The normalized spacial score (nSPS) is 15.1. The molecule has 1 N–H and O–H groups in total. The van der Waals surface area contributed by atoms with E-state index in [1.165, 1.54) is 12.1 Å². The molecule has 1 aliphatic rings. The van der Waals surface area contributed by atoms with Crippen molar-refractivity contribution in [2.75, 3.05) is 27.3 Å². The van der Waals surface area contributed by atoms with E-state index in [1.807, 2.05) is 23.1 Å². The third kappa shape index (κ3) is 4.15. The van der Waals surface area contributed by atoms with Crippen LogP contribution in [0, 0.1) is 5.82 Å². The number of aromatic nitrogens is 2. The molecular formula is C23H24FN3O3. The molecule has 1 aliphatic heterocycles. The first-order valence-corrected chi connectivity index (χ1v) is 9.91. The van der Waals surface area contributed by atoms with Crippen LogP contribution in [0.1, 0.15) is 30.1 Å². The Bertz CT molecular complexity index is 1080. The highest BCUT2D eigenvalue weighted by Crippen LogP contribution is 2.29. The van der Waals surface area contributed by atoms with Crippen LogP contribution >= 0.6 is 0 Å².